The van der Waals surface area contributed by atoms with Gasteiger partial charge >= 0.3 is 0 Å². The fourth-order valence-corrected chi connectivity index (χ4v) is 2.65. The first-order chi connectivity index (χ1) is 8.93. The van der Waals surface area contributed by atoms with Gasteiger partial charge in [0.05, 0.1) is 0 Å². The number of rotatable bonds is 4. The largest absolute Gasteiger partial charge is 0.338 e. The summed E-state index contributed by atoms with van der Waals surface area (Å²) in [4.78, 5) is 25.6. The molecule has 0 aliphatic carbocycles. The summed E-state index contributed by atoms with van der Waals surface area (Å²) < 4.78 is 0. The fourth-order valence-electron chi connectivity index (χ4n) is 2.65. The van der Waals surface area contributed by atoms with Gasteiger partial charge in [-0.1, -0.05) is 0 Å². The van der Waals surface area contributed by atoms with E-state index in [1.807, 2.05) is 65.2 Å². The first kappa shape index (κ1) is 25.4. The van der Waals surface area contributed by atoms with E-state index in [0.717, 1.165) is 0 Å². The third kappa shape index (κ3) is 10.8. The van der Waals surface area contributed by atoms with E-state index >= 15 is 0 Å². The summed E-state index contributed by atoms with van der Waals surface area (Å²) in [5.74, 6) is 0.315. The van der Waals surface area contributed by atoms with E-state index in [9.17, 15) is 9.59 Å². The van der Waals surface area contributed by atoms with Crippen LogP contribution < -0.4 is 0 Å². The van der Waals surface area contributed by atoms with E-state index < -0.39 is 0 Å². The zero-order valence-electron chi connectivity index (χ0n) is 15.4. The standard InChI is InChI=1S/2C8H17NO.Co/c2*1-6(2)9(7(3)4)8(5)10;/h2*6-7H,1-5H3;. The summed E-state index contributed by atoms with van der Waals surface area (Å²) >= 11 is 0. The molecule has 0 rings (SSSR count). The molecule has 0 atom stereocenters. The van der Waals surface area contributed by atoms with Crippen molar-refractivity contribution in [1.29, 1.82) is 0 Å². The number of amides is 2. The second-order valence-electron chi connectivity index (χ2n) is 6.23. The van der Waals surface area contributed by atoms with Crippen LogP contribution in [0.5, 0.6) is 0 Å². The molecule has 2 amide bonds. The normalized spacial score (nSPS) is 10.2. The SMILES string of the molecule is CC(=O)N(C(C)C)C(C)C.CC(=O)N(C(C)C)C(C)C.[Co]. The molecule has 0 aromatic rings. The molecule has 0 aliphatic heterocycles. The van der Waals surface area contributed by atoms with Crippen LogP contribution in [0, 0.1) is 0 Å². The van der Waals surface area contributed by atoms with Crippen LogP contribution in [0.15, 0.2) is 0 Å². The van der Waals surface area contributed by atoms with Crippen LogP contribution in [0.1, 0.15) is 69.2 Å². The predicted octanol–water partition coefficient (Wildman–Crippen LogP) is 3.30. The minimum absolute atomic E-state index is 0. The molecule has 0 bridgehead atoms. The van der Waals surface area contributed by atoms with Gasteiger partial charge in [-0.3, -0.25) is 9.59 Å². The number of hydrogen-bond acceptors (Lipinski definition) is 2. The Bertz CT molecular complexity index is 257. The molecule has 0 saturated heterocycles. The number of carbonyl (C=O) groups excluding carboxylic acids is 2. The van der Waals surface area contributed by atoms with Gasteiger partial charge in [0.15, 0.2) is 0 Å². The van der Waals surface area contributed by atoms with Crippen molar-refractivity contribution in [2.24, 2.45) is 0 Å². The van der Waals surface area contributed by atoms with Crippen LogP contribution >= 0.6 is 0 Å². The molecule has 0 unspecified atom stereocenters. The van der Waals surface area contributed by atoms with Crippen molar-refractivity contribution in [3.8, 4) is 0 Å². The molecule has 0 fully saturated rings. The van der Waals surface area contributed by atoms with Crippen LogP contribution in [0.25, 0.3) is 0 Å². The molecule has 4 nitrogen and oxygen atoms in total. The van der Waals surface area contributed by atoms with Crippen LogP contribution in [0.3, 0.4) is 0 Å². The van der Waals surface area contributed by atoms with Crippen molar-refractivity contribution in [2.45, 2.75) is 93.4 Å². The fraction of sp³-hybridized carbons (Fsp3) is 0.875. The maximum atomic E-state index is 11.0. The van der Waals surface area contributed by atoms with Gasteiger partial charge < -0.3 is 9.80 Å². The second kappa shape index (κ2) is 12.0. The third-order valence-corrected chi connectivity index (χ3v) is 2.95. The molecule has 5 heteroatoms. The van der Waals surface area contributed by atoms with Gasteiger partial charge in [-0.25, -0.2) is 0 Å². The average Bonchev–Trinajstić information content (AvgIpc) is 2.12. The molecule has 21 heavy (non-hydrogen) atoms. The predicted molar refractivity (Wildman–Crippen MR) is 85.6 cm³/mol. The van der Waals surface area contributed by atoms with Crippen molar-refractivity contribution in [1.82, 2.24) is 9.80 Å². The summed E-state index contributed by atoms with van der Waals surface area (Å²) in [7, 11) is 0. The maximum absolute atomic E-state index is 11.0. The first-order valence-electron chi connectivity index (χ1n) is 7.51. The minimum Gasteiger partial charge on any atom is -0.338 e. The Morgan fingerprint density at radius 1 is 0.571 bits per heavy atom. The molecular weight excluding hydrogens is 311 g/mol. The Morgan fingerprint density at radius 2 is 0.714 bits per heavy atom. The Morgan fingerprint density at radius 3 is 0.714 bits per heavy atom. The molecule has 0 N–H and O–H groups in total. The summed E-state index contributed by atoms with van der Waals surface area (Å²) in [5, 5.41) is 0. The van der Waals surface area contributed by atoms with E-state index in [1.165, 1.54) is 0 Å². The van der Waals surface area contributed by atoms with Crippen molar-refractivity contribution in [2.75, 3.05) is 0 Å². The third-order valence-electron chi connectivity index (χ3n) is 2.95. The van der Waals surface area contributed by atoms with Crippen molar-refractivity contribution in [3.63, 3.8) is 0 Å². The molecule has 0 heterocycles. The molecule has 0 aromatic carbocycles. The van der Waals surface area contributed by atoms with Gasteiger partial charge in [-0.2, -0.15) is 0 Å². The van der Waals surface area contributed by atoms with Gasteiger partial charge in [0.2, 0.25) is 11.8 Å². The van der Waals surface area contributed by atoms with Crippen LogP contribution in [0.4, 0.5) is 0 Å². The summed E-state index contributed by atoms with van der Waals surface area (Å²) in [5.41, 5.74) is 0. The molecule has 0 aliphatic rings. The van der Waals surface area contributed by atoms with E-state index in [2.05, 4.69) is 0 Å². The van der Waals surface area contributed by atoms with Crippen molar-refractivity contribution < 1.29 is 26.4 Å². The number of nitrogens with zero attached hydrogens (tertiary/aromatic N) is 2. The molecular formula is C16H34CoN2O2. The van der Waals surface area contributed by atoms with Gasteiger partial charge in [-0.15, -0.1) is 0 Å². The smallest absolute Gasteiger partial charge is 0.219 e. The maximum Gasteiger partial charge on any atom is 0.219 e. The van der Waals surface area contributed by atoms with E-state index in [4.69, 9.17) is 0 Å². The van der Waals surface area contributed by atoms with E-state index in [-0.39, 0.29) is 28.6 Å². The summed E-state index contributed by atoms with van der Waals surface area (Å²) in [6, 6.07) is 1.27. The van der Waals surface area contributed by atoms with E-state index in [1.54, 1.807) is 13.8 Å². The van der Waals surface area contributed by atoms with Gasteiger partial charge in [0.25, 0.3) is 0 Å². The summed E-state index contributed by atoms with van der Waals surface area (Å²) in [6.45, 7) is 19.5. The van der Waals surface area contributed by atoms with Crippen molar-refractivity contribution in [3.05, 3.63) is 0 Å². The molecule has 0 spiro atoms. The summed E-state index contributed by atoms with van der Waals surface area (Å²) in [6.07, 6.45) is 0. The quantitative estimate of drug-likeness (QED) is 0.784. The zero-order chi connectivity index (χ0) is 16.6. The Labute approximate surface area is 141 Å². The monoisotopic (exact) mass is 345 g/mol. The minimum atomic E-state index is 0. The Hall–Kier alpha value is -0.554. The second-order valence-corrected chi connectivity index (χ2v) is 6.23. The molecule has 0 aromatic heterocycles. The average molecular weight is 345 g/mol. The van der Waals surface area contributed by atoms with Crippen LogP contribution in [-0.4, -0.2) is 45.8 Å². The van der Waals surface area contributed by atoms with Gasteiger partial charge in [0, 0.05) is 54.8 Å². The number of carbonyl (C=O) groups is 2. The molecule has 1 radical (unpaired) electrons. The van der Waals surface area contributed by atoms with Gasteiger partial charge in [-0.05, 0) is 55.4 Å². The van der Waals surface area contributed by atoms with Crippen LogP contribution in [0.2, 0.25) is 0 Å². The first-order valence-corrected chi connectivity index (χ1v) is 7.51. The Balaban J connectivity index is -0.000000295. The Kier molecular flexibility index (Phi) is 14.6. The van der Waals surface area contributed by atoms with Gasteiger partial charge in [0.1, 0.15) is 0 Å². The topological polar surface area (TPSA) is 40.6 Å². The zero-order valence-corrected chi connectivity index (χ0v) is 16.4. The van der Waals surface area contributed by atoms with Crippen LogP contribution in [-0.2, 0) is 26.4 Å². The molecule has 0 saturated carbocycles. The number of hydrogen-bond donors (Lipinski definition) is 0. The molecule has 129 valence electrons. The van der Waals surface area contributed by atoms with E-state index in [0.29, 0.717) is 24.2 Å². The van der Waals surface area contributed by atoms with Crippen molar-refractivity contribution >= 4 is 11.8 Å².